The number of hydrogen-bond acceptors (Lipinski definition) is 2. The molecule has 0 aromatic heterocycles. The molecule has 0 amide bonds. The van der Waals surface area contributed by atoms with Crippen LogP contribution in [0.3, 0.4) is 0 Å². The minimum absolute atomic E-state index is 0.192. The van der Waals surface area contributed by atoms with Gasteiger partial charge in [0.1, 0.15) is 5.82 Å². The summed E-state index contributed by atoms with van der Waals surface area (Å²) >= 11 is 3.35. The molecule has 0 saturated heterocycles. The summed E-state index contributed by atoms with van der Waals surface area (Å²) in [7, 11) is 0. The molecule has 1 rings (SSSR count). The minimum atomic E-state index is -0.765. The van der Waals surface area contributed by atoms with Crippen molar-refractivity contribution < 1.29 is 14.3 Å². The van der Waals surface area contributed by atoms with Crippen LogP contribution in [-0.2, 0) is 11.3 Å². The highest BCUT2D eigenvalue weighted by atomic mass is 79.9. The molecule has 20 heavy (non-hydrogen) atoms. The van der Waals surface area contributed by atoms with Crippen LogP contribution in [0.25, 0.3) is 0 Å². The highest BCUT2D eigenvalue weighted by Gasteiger charge is 2.13. The van der Waals surface area contributed by atoms with Crippen molar-refractivity contribution in [3.05, 3.63) is 34.1 Å². The zero-order chi connectivity index (χ0) is 15.1. The van der Waals surface area contributed by atoms with Crippen molar-refractivity contribution in [2.45, 2.75) is 45.7 Å². The van der Waals surface area contributed by atoms with Gasteiger partial charge in [0.05, 0.1) is 0 Å². The molecule has 0 aliphatic carbocycles. The number of nitrogens with zero attached hydrogens (tertiary/aromatic N) is 1. The maximum Gasteiger partial charge on any atom is 0.303 e. The molecule has 0 saturated carbocycles. The van der Waals surface area contributed by atoms with Crippen molar-refractivity contribution in [3.63, 3.8) is 0 Å². The topological polar surface area (TPSA) is 40.5 Å². The lowest BCUT2D eigenvalue weighted by molar-refractivity contribution is -0.137. The molecule has 0 aliphatic rings. The van der Waals surface area contributed by atoms with E-state index < -0.39 is 5.97 Å². The first-order valence-electron chi connectivity index (χ1n) is 6.80. The van der Waals surface area contributed by atoms with E-state index in [9.17, 15) is 9.18 Å². The second-order valence-corrected chi connectivity index (χ2v) is 6.07. The predicted octanol–water partition coefficient (Wildman–Crippen LogP) is 4.05. The van der Waals surface area contributed by atoms with Gasteiger partial charge in [0.25, 0.3) is 0 Å². The summed E-state index contributed by atoms with van der Waals surface area (Å²) in [5.41, 5.74) is 0.659. The summed E-state index contributed by atoms with van der Waals surface area (Å²) in [4.78, 5) is 12.6. The van der Waals surface area contributed by atoms with Crippen LogP contribution in [0.15, 0.2) is 22.7 Å². The molecule has 0 fully saturated rings. The molecule has 3 nitrogen and oxygen atoms in total. The van der Waals surface area contributed by atoms with Gasteiger partial charge < -0.3 is 5.11 Å². The SMILES string of the molecule is CC(C)N(CCCCC(=O)O)Cc1cc(Br)ccc1F. The van der Waals surface area contributed by atoms with E-state index in [0.29, 0.717) is 24.6 Å². The number of carboxylic acid groups (broad SMARTS) is 1. The van der Waals surface area contributed by atoms with Gasteiger partial charge in [-0.2, -0.15) is 0 Å². The largest absolute Gasteiger partial charge is 0.481 e. The maximum atomic E-state index is 13.8. The zero-order valence-corrected chi connectivity index (χ0v) is 13.5. The lowest BCUT2D eigenvalue weighted by Gasteiger charge is -2.26. The number of carboxylic acids is 1. The van der Waals surface area contributed by atoms with Crippen molar-refractivity contribution in [1.82, 2.24) is 4.90 Å². The van der Waals surface area contributed by atoms with Gasteiger partial charge >= 0.3 is 5.97 Å². The fourth-order valence-corrected chi connectivity index (χ4v) is 2.40. The molecule has 0 bridgehead atoms. The van der Waals surface area contributed by atoms with Gasteiger partial charge in [0.15, 0.2) is 0 Å². The fraction of sp³-hybridized carbons (Fsp3) is 0.533. The van der Waals surface area contributed by atoms with Crippen molar-refractivity contribution in [1.29, 1.82) is 0 Å². The Labute approximate surface area is 127 Å². The van der Waals surface area contributed by atoms with Gasteiger partial charge in [-0.05, 0) is 51.4 Å². The van der Waals surface area contributed by atoms with Crippen molar-refractivity contribution >= 4 is 21.9 Å². The standard InChI is InChI=1S/C15H21BrFNO2/c1-11(2)18(8-4-3-5-15(19)20)10-12-9-13(16)6-7-14(12)17/h6-7,9,11H,3-5,8,10H2,1-2H3,(H,19,20). The van der Waals surface area contributed by atoms with Crippen molar-refractivity contribution in [2.24, 2.45) is 0 Å². The van der Waals surface area contributed by atoms with Gasteiger partial charge in [-0.3, -0.25) is 9.69 Å². The van der Waals surface area contributed by atoms with Crippen LogP contribution in [-0.4, -0.2) is 28.6 Å². The van der Waals surface area contributed by atoms with Gasteiger partial charge in [-0.1, -0.05) is 15.9 Å². The summed E-state index contributed by atoms with van der Waals surface area (Å²) in [6.45, 7) is 5.44. The zero-order valence-electron chi connectivity index (χ0n) is 11.9. The Balaban J connectivity index is 2.58. The molecular formula is C15H21BrFNO2. The summed E-state index contributed by atoms with van der Waals surface area (Å²) in [5, 5.41) is 8.62. The third kappa shape index (κ3) is 6.01. The van der Waals surface area contributed by atoms with Crippen LogP contribution < -0.4 is 0 Å². The van der Waals surface area contributed by atoms with E-state index in [2.05, 4.69) is 34.7 Å². The van der Waals surface area contributed by atoms with Crippen LogP contribution in [0.4, 0.5) is 4.39 Å². The minimum Gasteiger partial charge on any atom is -0.481 e. The van der Waals surface area contributed by atoms with E-state index in [0.717, 1.165) is 17.4 Å². The monoisotopic (exact) mass is 345 g/mol. The average Bonchev–Trinajstić information content (AvgIpc) is 2.36. The maximum absolute atomic E-state index is 13.8. The lowest BCUT2D eigenvalue weighted by Crippen LogP contribution is -2.31. The van der Waals surface area contributed by atoms with E-state index in [4.69, 9.17) is 5.11 Å². The normalized spacial score (nSPS) is 11.3. The Kier molecular flexibility index (Phi) is 7.16. The Morgan fingerprint density at radius 2 is 2.10 bits per heavy atom. The Morgan fingerprint density at radius 1 is 1.40 bits per heavy atom. The molecule has 5 heteroatoms. The van der Waals surface area contributed by atoms with Crippen molar-refractivity contribution in [2.75, 3.05) is 6.54 Å². The molecule has 0 radical (unpaired) electrons. The smallest absolute Gasteiger partial charge is 0.303 e. The van der Waals surface area contributed by atoms with Crippen molar-refractivity contribution in [3.8, 4) is 0 Å². The Bertz CT molecular complexity index is 451. The number of rotatable bonds is 8. The summed E-state index contributed by atoms with van der Waals surface area (Å²) in [6.07, 6.45) is 1.65. The highest BCUT2D eigenvalue weighted by molar-refractivity contribution is 9.10. The molecule has 1 aromatic carbocycles. The molecule has 112 valence electrons. The van der Waals surface area contributed by atoms with E-state index >= 15 is 0 Å². The third-order valence-corrected chi connectivity index (χ3v) is 3.69. The number of unbranched alkanes of at least 4 members (excludes halogenated alkanes) is 1. The van der Waals surface area contributed by atoms with E-state index in [1.54, 1.807) is 12.1 Å². The van der Waals surface area contributed by atoms with Gasteiger partial charge in [-0.25, -0.2) is 4.39 Å². The third-order valence-electron chi connectivity index (χ3n) is 3.20. The van der Waals surface area contributed by atoms with Gasteiger partial charge in [0.2, 0.25) is 0 Å². The highest BCUT2D eigenvalue weighted by Crippen LogP contribution is 2.18. The van der Waals surface area contributed by atoms with Crippen LogP contribution in [0.1, 0.15) is 38.7 Å². The first kappa shape index (κ1) is 17.1. The molecule has 0 heterocycles. The number of carbonyl (C=O) groups is 1. The van der Waals surface area contributed by atoms with Gasteiger partial charge in [-0.15, -0.1) is 0 Å². The number of halogens is 2. The summed E-state index contributed by atoms with van der Waals surface area (Å²) in [6, 6.07) is 5.23. The summed E-state index contributed by atoms with van der Waals surface area (Å²) < 4.78 is 14.6. The second-order valence-electron chi connectivity index (χ2n) is 5.15. The molecule has 0 aliphatic heterocycles. The van der Waals surface area contributed by atoms with Crippen LogP contribution in [0.2, 0.25) is 0 Å². The fourth-order valence-electron chi connectivity index (χ4n) is 1.99. The number of aliphatic carboxylic acids is 1. The Hall–Kier alpha value is -0.940. The first-order chi connectivity index (χ1) is 9.40. The second kappa shape index (κ2) is 8.37. The quantitative estimate of drug-likeness (QED) is 0.722. The first-order valence-corrected chi connectivity index (χ1v) is 7.59. The lowest BCUT2D eigenvalue weighted by atomic mass is 10.1. The number of benzene rings is 1. The molecule has 0 spiro atoms. The van der Waals surface area contributed by atoms with Crippen LogP contribution >= 0.6 is 15.9 Å². The van der Waals surface area contributed by atoms with Gasteiger partial charge in [0, 0.05) is 29.0 Å². The average molecular weight is 346 g/mol. The molecule has 0 unspecified atom stereocenters. The summed E-state index contributed by atoms with van der Waals surface area (Å²) in [5.74, 6) is -0.969. The van der Waals surface area contributed by atoms with Crippen LogP contribution in [0, 0.1) is 5.82 Å². The molecule has 1 N–H and O–H groups in total. The molecule has 1 aromatic rings. The van der Waals surface area contributed by atoms with Crippen LogP contribution in [0.5, 0.6) is 0 Å². The Morgan fingerprint density at radius 3 is 2.70 bits per heavy atom. The number of hydrogen-bond donors (Lipinski definition) is 1. The van der Waals surface area contributed by atoms with E-state index in [1.807, 2.05) is 0 Å². The van der Waals surface area contributed by atoms with E-state index in [1.165, 1.54) is 6.07 Å². The van der Waals surface area contributed by atoms with E-state index in [-0.39, 0.29) is 12.2 Å². The molecule has 0 atom stereocenters. The predicted molar refractivity (Wildman–Crippen MR) is 81.1 cm³/mol. The molecular weight excluding hydrogens is 325 g/mol.